The highest BCUT2D eigenvalue weighted by molar-refractivity contribution is 6.04. The van der Waals surface area contributed by atoms with Gasteiger partial charge in [0.15, 0.2) is 5.78 Å². The number of H-pyrrole nitrogens is 1. The summed E-state index contributed by atoms with van der Waals surface area (Å²) in [4.78, 5) is 27.8. The first-order valence-electron chi connectivity index (χ1n) is 8.05. The minimum Gasteiger partial charge on any atom is -0.354 e. The van der Waals surface area contributed by atoms with E-state index in [2.05, 4.69) is 16.4 Å². The monoisotopic (exact) mass is 299 g/mol. The summed E-state index contributed by atoms with van der Waals surface area (Å²) in [6.07, 6.45) is 6.63. The Labute approximate surface area is 130 Å². The third-order valence-electron chi connectivity index (χ3n) is 4.94. The predicted octanol–water partition coefficient (Wildman–Crippen LogP) is 2.80. The van der Waals surface area contributed by atoms with E-state index in [4.69, 9.17) is 0 Å². The molecule has 5 heteroatoms. The average Bonchev–Trinajstić information content (AvgIpc) is 2.87. The number of carbonyl (C=O) groups excluding carboxylic acids is 2. The summed E-state index contributed by atoms with van der Waals surface area (Å²) >= 11 is 0. The summed E-state index contributed by atoms with van der Waals surface area (Å²) in [6.45, 7) is 1.81. The van der Waals surface area contributed by atoms with E-state index in [-0.39, 0.29) is 11.7 Å². The number of Topliss-reactive ketones (excluding diaryl/α,β-unsaturated/α-hetero) is 1. The summed E-state index contributed by atoms with van der Waals surface area (Å²) in [5, 5.41) is 12.4. The average molecular weight is 299 g/mol. The van der Waals surface area contributed by atoms with Crippen molar-refractivity contribution >= 4 is 11.7 Å². The lowest BCUT2D eigenvalue weighted by atomic mass is 9.82. The van der Waals surface area contributed by atoms with Crippen molar-refractivity contribution in [2.75, 3.05) is 0 Å². The fourth-order valence-electron chi connectivity index (χ4n) is 3.70. The summed E-state index contributed by atoms with van der Waals surface area (Å²) in [6, 6.07) is 2.30. The van der Waals surface area contributed by atoms with Crippen molar-refractivity contribution in [1.82, 2.24) is 10.3 Å². The fourth-order valence-corrected chi connectivity index (χ4v) is 3.70. The van der Waals surface area contributed by atoms with E-state index in [1.165, 1.54) is 0 Å². The van der Waals surface area contributed by atoms with E-state index in [9.17, 15) is 14.9 Å². The van der Waals surface area contributed by atoms with E-state index in [1.54, 1.807) is 0 Å². The van der Waals surface area contributed by atoms with Crippen molar-refractivity contribution in [2.45, 2.75) is 63.8 Å². The first-order valence-corrected chi connectivity index (χ1v) is 8.05. The fraction of sp³-hybridized carbons (Fsp3) is 0.588. The lowest BCUT2D eigenvalue weighted by Crippen LogP contribution is -2.48. The number of amides is 1. The van der Waals surface area contributed by atoms with Crippen molar-refractivity contribution in [1.29, 1.82) is 5.26 Å². The number of aryl methyl sites for hydroxylation is 1. The van der Waals surface area contributed by atoms with Gasteiger partial charge in [-0.2, -0.15) is 5.26 Å². The molecule has 0 aromatic carbocycles. The molecule has 1 amide bonds. The predicted molar refractivity (Wildman–Crippen MR) is 81.7 cm³/mol. The molecule has 0 aliphatic heterocycles. The van der Waals surface area contributed by atoms with E-state index in [0.29, 0.717) is 30.5 Å². The second kappa shape index (κ2) is 5.60. The van der Waals surface area contributed by atoms with Gasteiger partial charge in [0.05, 0.1) is 6.07 Å². The van der Waals surface area contributed by atoms with Crippen LogP contribution in [0.5, 0.6) is 0 Å². The van der Waals surface area contributed by atoms with Crippen molar-refractivity contribution in [3.05, 3.63) is 22.5 Å². The van der Waals surface area contributed by atoms with Crippen LogP contribution < -0.4 is 5.32 Å². The minimum atomic E-state index is -0.753. The molecule has 0 radical (unpaired) electrons. The molecule has 0 saturated heterocycles. The van der Waals surface area contributed by atoms with E-state index in [1.807, 2.05) is 6.92 Å². The van der Waals surface area contributed by atoms with Gasteiger partial charge in [-0.25, -0.2) is 0 Å². The van der Waals surface area contributed by atoms with Gasteiger partial charge in [0.25, 0.3) is 5.91 Å². The molecule has 2 aliphatic rings. The lowest BCUT2D eigenvalue weighted by Gasteiger charge is -2.31. The van der Waals surface area contributed by atoms with E-state index < -0.39 is 5.54 Å². The van der Waals surface area contributed by atoms with Crippen molar-refractivity contribution < 1.29 is 9.59 Å². The van der Waals surface area contributed by atoms with Crippen LogP contribution in [-0.4, -0.2) is 22.2 Å². The molecule has 0 atom stereocenters. The van der Waals surface area contributed by atoms with Crippen LogP contribution in [0.15, 0.2) is 0 Å². The van der Waals surface area contributed by atoms with Crippen molar-refractivity contribution in [3.8, 4) is 6.07 Å². The van der Waals surface area contributed by atoms with Crippen LogP contribution in [0.1, 0.15) is 77.0 Å². The number of hydrogen-bond donors (Lipinski definition) is 2. The van der Waals surface area contributed by atoms with Gasteiger partial charge in [-0.15, -0.1) is 0 Å². The Balaban J connectivity index is 1.87. The van der Waals surface area contributed by atoms with E-state index in [0.717, 1.165) is 43.4 Å². The summed E-state index contributed by atoms with van der Waals surface area (Å²) < 4.78 is 0. The molecule has 1 aromatic heterocycles. The molecule has 2 N–H and O–H groups in total. The summed E-state index contributed by atoms with van der Waals surface area (Å²) in [7, 11) is 0. The number of rotatable bonds is 2. The Morgan fingerprint density at radius 3 is 2.59 bits per heavy atom. The SMILES string of the molecule is Cc1c(C(=O)NC2(C#N)CCCCC2)[nH]c2c1C(=O)CCC2. The normalized spacial score (nSPS) is 20.1. The van der Waals surface area contributed by atoms with Gasteiger partial charge in [0, 0.05) is 17.7 Å². The van der Waals surface area contributed by atoms with Crippen LogP contribution in [0.4, 0.5) is 0 Å². The molecular formula is C17H21N3O2. The summed E-state index contributed by atoms with van der Waals surface area (Å²) in [5.74, 6) is -0.148. The molecule has 3 rings (SSSR count). The Bertz CT molecular complexity index is 660. The Morgan fingerprint density at radius 2 is 1.95 bits per heavy atom. The Kier molecular flexibility index (Phi) is 3.78. The van der Waals surface area contributed by atoms with Gasteiger partial charge in [0.2, 0.25) is 0 Å². The van der Waals surface area contributed by atoms with Gasteiger partial charge < -0.3 is 10.3 Å². The lowest BCUT2D eigenvalue weighted by molar-refractivity contribution is 0.0897. The molecule has 1 heterocycles. The number of aromatic amines is 1. The van der Waals surface area contributed by atoms with Gasteiger partial charge in [-0.1, -0.05) is 19.3 Å². The Hall–Kier alpha value is -2.09. The zero-order valence-corrected chi connectivity index (χ0v) is 12.9. The third-order valence-corrected chi connectivity index (χ3v) is 4.94. The van der Waals surface area contributed by atoms with Crippen LogP contribution in [-0.2, 0) is 6.42 Å². The molecule has 1 saturated carbocycles. The number of hydrogen-bond acceptors (Lipinski definition) is 3. The number of ketones is 1. The molecule has 0 unspecified atom stereocenters. The quantitative estimate of drug-likeness (QED) is 0.880. The number of nitrogens with zero attached hydrogens (tertiary/aromatic N) is 1. The van der Waals surface area contributed by atoms with Gasteiger partial charge in [-0.3, -0.25) is 9.59 Å². The smallest absolute Gasteiger partial charge is 0.269 e. The molecular weight excluding hydrogens is 278 g/mol. The van der Waals surface area contributed by atoms with Crippen molar-refractivity contribution in [3.63, 3.8) is 0 Å². The van der Waals surface area contributed by atoms with Crippen LogP contribution in [0.3, 0.4) is 0 Å². The number of nitriles is 1. The topological polar surface area (TPSA) is 85.8 Å². The molecule has 0 spiro atoms. The van der Waals surface area contributed by atoms with Crippen LogP contribution in [0, 0.1) is 18.3 Å². The second-order valence-corrected chi connectivity index (χ2v) is 6.46. The highest BCUT2D eigenvalue weighted by Gasteiger charge is 2.35. The van der Waals surface area contributed by atoms with Crippen LogP contribution in [0.25, 0.3) is 0 Å². The number of carbonyl (C=O) groups is 2. The molecule has 116 valence electrons. The van der Waals surface area contributed by atoms with Crippen LogP contribution in [0.2, 0.25) is 0 Å². The van der Waals surface area contributed by atoms with Gasteiger partial charge in [-0.05, 0) is 38.2 Å². The number of aromatic nitrogens is 1. The molecule has 0 bridgehead atoms. The zero-order valence-electron chi connectivity index (χ0n) is 12.9. The maximum Gasteiger partial charge on any atom is 0.269 e. The molecule has 2 aliphatic carbocycles. The maximum absolute atomic E-state index is 12.6. The first kappa shape index (κ1) is 14.8. The number of fused-ring (bicyclic) bond motifs is 1. The van der Waals surface area contributed by atoms with E-state index >= 15 is 0 Å². The van der Waals surface area contributed by atoms with Crippen molar-refractivity contribution in [2.24, 2.45) is 0 Å². The number of nitrogens with one attached hydrogen (secondary N) is 2. The second-order valence-electron chi connectivity index (χ2n) is 6.46. The van der Waals surface area contributed by atoms with Gasteiger partial charge in [0.1, 0.15) is 11.2 Å². The molecule has 22 heavy (non-hydrogen) atoms. The van der Waals surface area contributed by atoms with Gasteiger partial charge >= 0.3 is 0 Å². The maximum atomic E-state index is 12.6. The molecule has 1 aromatic rings. The first-order chi connectivity index (χ1) is 10.6. The highest BCUT2D eigenvalue weighted by atomic mass is 16.2. The summed E-state index contributed by atoms with van der Waals surface area (Å²) in [5.41, 5.74) is 1.97. The minimum absolute atomic E-state index is 0.113. The van der Waals surface area contributed by atoms with Crippen LogP contribution >= 0.6 is 0 Å². The zero-order chi connectivity index (χ0) is 15.7. The third kappa shape index (κ3) is 2.43. The standard InChI is InChI=1S/C17H21N3O2/c1-11-14-12(6-5-7-13(14)21)19-15(11)16(22)20-17(10-18)8-3-2-4-9-17/h19H,2-9H2,1H3,(H,20,22). The highest BCUT2D eigenvalue weighted by Crippen LogP contribution is 2.30. The molecule has 5 nitrogen and oxygen atoms in total. The molecule has 1 fully saturated rings. The Morgan fingerprint density at radius 1 is 1.23 bits per heavy atom. The largest absolute Gasteiger partial charge is 0.354 e.